The summed E-state index contributed by atoms with van der Waals surface area (Å²) in [5.74, 6) is -0.276. The molecule has 6 nitrogen and oxygen atoms in total. The molecule has 1 amide bonds. The third-order valence-corrected chi connectivity index (χ3v) is 6.45. The Balaban J connectivity index is 0.00000289. The summed E-state index contributed by atoms with van der Waals surface area (Å²) in [6, 6.07) is 20.3. The molecule has 1 aromatic heterocycles. The number of nitrogens with zero attached hydrogens (tertiary/aromatic N) is 4. The Kier molecular flexibility index (Phi) is 7.68. The number of amides is 1. The molecule has 0 aliphatic carbocycles. The van der Waals surface area contributed by atoms with E-state index in [1.807, 2.05) is 42.9 Å². The van der Waals surface area contributed by atoms with Gasteiger partial charge in [-0.15, -0.1) is 12.4 Å². The van der Waals surface area contributed by atoms with Crippen LogP contribution >= 0.6 is 12.4 Å². The minimum atomic E-state index is -0.191. The Bertz CT molecular complexity index is 1070. The standard InChI is InChI=1S/C25H27N5O.ClH/c26-15-20-8-10-21(11-9-20)17-29-19-28-16-23(29)12-14-30(24-6-2-1-3-7-24)13-4-5-22(18-30)25(27)31;/h1-3,6-11,16,19,22H,4-5,12-14,17-18H2,(H-,27,31);1H/p+1. The molecule has 7 heteroatoms. The monoisotopic (exact) mass is 450 g/mol. The summed E-state index contributed by atoms with van der Waals surface area (Å²) in [4.78, 5) is 16.4. The van der Waals surface area contributed by atoms with Crippen LogP contribution in [0.2, 0.25) is 0 Å². The fraction of sp³-hybridized carbons (Fsp3) is 0.320. The average molecular weight is 451 g/mol. The lowest BCUT2D eigenvalue weighted by Gasteiger charge is -2.43. The molecule has 1 fully saturated rings. The molecule has 2 unspecified atom stereocenters. The SMILES string of the molecule is Cl.N#Cc1ccc(Cn2cncc2CC[N+]2(c3ccccc3)CCCC(C(N)=O)C2)cc1. The van der Waals surface area contributed by atoms with Crippen molar-refractivity contribution >= 4 is 24.0 Å². The number of primary amides is 1. The predicted octanol–water partition coefficient (Wildman–Crippen LogP) is 3.67. The van der Waals surface area contributed by atoms with Crippen LogP contribution in [0.5, 0.6) is 0 Å². The lowest BCUT2D eigenvalue weighted by Crippen LogP contribution is -2.58. The summed E-state index contributed by atoms with van der Waals surface area (Å²) in [5, 5.41) is 9.00. The Labute approximate surface area is 195 Å². The van der Waals surface area contributed by atoms with Gasteiger partial charge in [-0.2, -0.15) is 5.26 Å². The average Bonchev–Trinajstić information content (AvgIpc) is 3.26. The zero-order valence-corrected chi connectivity index (χ0v) is 18.9. The van der Waals surface area contributed by atoms with E-state index in [0.717, 1.165) is 55.5 Å². The molecule has 3 aromatic rings. The van der Waals surface area contributed by atoms with Gasteiger partial charge >= 0.3 is 0 Å². The van der Waals surface area contributed by atoms with Gasteiger partial charge in [0.1, 0.15) is 5.69 Å². The highest BCUT2D eigenvalue weighted by Gasteiger charge is 2.39. The quantitative estimate of drug-likeness (QED) is 0.557. The lowest BCUT2D eigenvalue weighted by atomic mass is 9.93. The van der Waals surface area contributed by atoms with Crippen molar-refractivity contribution in [3.63, 3.8) is 0 Å². The zero-order chi connectivity index (χ0) is 21.7. The van der Waals surface area contributed by atoms with Gasteiger partial charge in [0.05, 0.1) is 43.5 Å². The second-order valence-corrected chi connectivity index (χ2v) is 8.42. The van der Waals surface area contributed by atoms with Crippen molar-refractivity contribution in [1.29, 1.82) is 5.26 Å². The molecule has 4 rings (SSSR count). The number of likely N-dealkylation sites (tertiary alicyclic amines) is 1. The molecule has 0 saturated carbocycles. The third-order valence-electron chi connectivity index (χ3n) is 6.45. The van der Waals surface area contributed by atoms with Crippen LogP contribution in [-0.2, 0) is 17.8 Å². The summed E-state index contributed by atoms with van der Waals surface area (Å²) in [6.45, 7) is 3.38. The fourth-order valence-electron chi connectivity index (χ4n) is 4.70. The van der Waals surface area contributed by atoms with Crippen molar-refractivity contribution in [1.82, 2.24) is 14.0 Å². The molecule has 0 radical (unpaired) electrons. The highest BCUT2D eigenvalue weighted by Crippen LogP contribution is 2.31. The Hall–Kier alpha value is -3.14. The van der Waals surface area contributed by atoms with Gasteiger partial charge in [-0.25, -0.2) is 4.98 Å². The summed E-state index contributed by atoms with van der Waals surface area (Å²) in [5.41, 5.74) is 9.91. The molecular formula is C25H29ClN5O+. The Morgan fingerprint density at radius 3 is 2.62 bits per heavy atom. The number of quaternary nitrogens is 1. The summed E-state index contributed by atoms with van der Waals surface area (Å²) < 4.78 is 2.94. The van der Waals surface area contributed by atoms with E-state index >= 15 is 0 Å². The molecule has 32 heavy (non-hydrogen) atoms. The molecule has 1 aliphatic rings. The van der Waals surface area contributed by atoms with Crippen molar-refractivity contribution in [3.05, 3.63) is 83.9 Å². The molecular weight excluding hydrogens is 422 g/mol. The first-order chi connectivity index (χ1) is 15.1. The van der Waals surface area contributed by atoms with Crippen molar-refractivity contribution in [2.24, 2.45) is 11.7 Å². The first kappa shape index (κ1) is 23.5. The molecule has 0 spiro atoms. The fourth-order valence-corrected chi connectivity index (χ4v) is 4.70. The number of nitrogens with two attached hydrogens (primary N) is 1. The molecule has 2 aromatic carbocycles. The third kappa shape index (κ3) is 5.18. The molecule has 2 heterocycles. The summed E-state index contributed by atoms with van der Waals surface area (Å²) in [6.07, 6.45) is 6.52. The van der Waals surface area contributed by atoms with Gasteiger partial charge in [-0.05, 0) is 42.7 Å². The van der Waals surface area contributed by atoms with Gasteiger partial charge in [0.2, 0.25) is 5.91 Å². The molecule has 1 aliphatic heterocycles. The second kappa shape index (κ2) is 10.4. The van der Waals surface area contributed by atoms with Crippen LogP contribution in [0.25, 0.3) is 0 Å². The van der Waals surface area contributed by atoms with E-state index in [2.05, 4.69) is 39.9 Å². The lowest BCUT2D eigenvalue weighted by molar-refractivity contribution is -0.123. The van der Waals surface area contributed by atoms with Crippen molar-refractivity contribution in [3.8, 4) is 6.07 Å². The van der Waals surface area contributed by atoms with Gasteiger partial charge in [-0.1, -0.05) is 30.3 Å². The number of piperidine rings is 1. The van der Waals surface area contributed by atoms with Crippen molar-refractivity contribution in [2.45, 2.75) is 25.8 Å². The van der Waals surface area contributed by atoms with E-state index in [-0.39, 0.29) is 24.2 Å². The highest BCUT2D eigenvalue weighted by atomic mass is 35.5. The Morgan fingerprint density at radius 2 is 1.94 bits per heavy atom. The van der Waals surface area contributed by atoms with Crippen LogP contribution in [-0.4, -0.2) is 35.1 Å². The van der Waals surface area contributed by atoms with Crippen LogP contribution in [0, 0.1) is 17.2 Å². The van der Waals surface area contributed by atoms with Crippen molar-refractivity contribution in [2.75, 3.05) is 19.6 Å². The molecule has 1 saturated heterocycles. The van der Waals surface area contributed by atoms with Crippen LogP contribution in [0.3, 0.4) is 0 Å². The number of halogens is 1. The van der Waals surface area contributed by atoms with Gasteiger partial charge in [-0.3, -0.25) is 9.28 Å². The number of aromatic nitrogens is 2. The van der Waals surface area contributed by atoms with Crippen molar-refractivity contribution < 1.29 is 4.79 Å². The van der Waals surface area contributed by atoms with E-state index < -0.39 is 0 Å². The highest BCUT2D eigenvalue weighted by molar-refractivity contribution is 5.85. The van der Waals surface area contributed by atoms with Gasteiger partial charge in [0.25, 0.3) is 0 Å². The maximum Gasteiger partial charge on any atom is 0.226 e. The first-order valence-electron chi connectivity index (χ1n) is 10.8. The smallest absolute Gasteiger partial charge is 0.226 e. The van der Waals surface area contributed by atoms with E-state index in [0.29, 0.717) is 5.56 Å². The van der Waals surface area contributed by atoms with Gasteiger partial charge in [0, 0.05) is 24.9 Å². The minimum absolute atomic E-state index is 0. The molecule has 2 N–H and O–H groups in total. The summed E-state index contributed by atoms with van der Waals surface area (Å²) in [7, 11) is 0. The largest absolute Gasteiger partial charge is 0.369 e. The number of carbonyl (C=O) groups excluding carboxylic acids is 1. The van der Waals surface area contributed by atoms with Gasteiger partial charge in [0.15, 0.2) is 0 Å². The number of rotatable bonds is 7. The number of hydrogen-bond donors (Lipinski definition) is 1. The second-order valence-electron chi connectivity index (χ2n) is 8.42. The van der Waals surface area contributed by atoms with E-state index in [1.54, 1.807) is 0 Å². The van der Waals surface area contributed by atoms with Crippen LogP contribution < -0.4 is 10.2 Å². The van der Waals surface area contributed by atoms with Crippen LogP contribution in [0.4, 0.5) is 5.69 Å². The normalized spacial score (nSPS) is 20.2. The number of nitriles is 1. The number of hydrogen-bond acceptors (Lipinski definition) is 3. The molecule has 0 bridgehead atoms. The summed E-state index contributed by atoms with van der Waals surface area (Å²) >= 11 is 0. The number of benzene rings is 2. The van der Waals surface area contributed by atoms with Gasteiger partial charge < -0.3 is 10.3 Å². The number of imidazole rings is 1. The predicted molar refractivity (Wildman–Crippen MR) is 128 cm³/mol. The maximum atomic E-state index is 12.0. The maximum absolute atomic E-state index is 12.0. The van der Waals surface area contributed by atoms with Crippen LogP contribution in [0.15, 0.2) is 67.1 Å². The van der Waals surface area contributed by atoms with E-state index in [9.17, 15) is 4.79 Å². The number of carbonyl (C=O) groups is 1. The minimum Gasteiger partial charge on any atom is -0.369 e. The number of para-hydroxylation sites is 1. The first-order valence-corrected chi connectivity index (χ1v) is 10.8. The van der Waals surface area contributed by atoms with E-state index in [4.69, 9.17) is 11.0 Å². The van der Waals surface area contributed by atoms with Crippen LogP contribution in [0.1, 0.15) is 29.7 Å². The Morgan fingerprint density at radius 1 is 1.19 bits per heavy atom. The molecule has 2 atom stereocenters. The molecule has 166 valence electrons. The van der Waals surface area contributed by atoms with E-state index in [1.165, 1.54) is 11.4 Å². The topological polar surface area (TPSA) is 84.7 Å². The zero-order valence-electron chi connectivity index (χ0n) is 18.1.